The highest BCUT2D eigenvalue weighted by atomic mass is 15.2. The van der Waals surface area contributed by atoms with E-state index < -0.39 is 0 Å². The van der Waals surface area contributed by atoms with Crippen LogP contribution in [-0.2, 0) is 25.7 Å². The second-order valence-electron chi connectivity index (χ2n) is 28.6. The number of nitrogens with zero attached hydrogens (tertiary/aromatic N) is 2. The van der Waals surface area contributed by atoms with Crippen molar-refractivity contribution >= 4 is 11.4 Å². The first kappa shape index (κ1) is 78.8. The minimum atomic E-state index is 1.01. The lowest BCUT2D eigenvalue weighted by Crippen LogP contribution is -2.05. The summed E-state index contributed by atoms with van der Waals surface area (Å²) in [5, 5.41) is 0. The van der Waals surface area contributed by atoms with Gasteiger partial charge in [-0.05, 0) is 111 Å². The fourth-order valence-electron chi connectivity index (χ4n) is 14.3. The van der Waals surface area contributed by atoms with Crippen molar-refractivity contribution < 1.29 is 4.70 Å². The summed E-state index contributed by atoms with van der Waals surface area (Å²) in [5.74, 6) is 0. The molecule has 1 aliphatic rings. The molecule has 2 aromatic rings. The molecule has 0 fully saturated rings. The summed E-state index contributed by atoms with van der Waals surface area (Å²) < 4.78 is 1.67. The van der Waals surface area contributed by atoms with Crippen LogP contribution in [0.5, 0.6) is 0 Å². The van der Waals surface area contributed by atoms with Crippen LogP contribution in [0.3, 0.4) is 0 Å². The number of allylic oxidation sites excluding steroid dienone is 2. The van der Waals surface area contributed by atoms with Crippen LogP contribution in [0.15, 0.2) is 48.0 Å². The average molecular weight is 1200 g/mol. The molecule has 0 N–H and O–H groups in total. The second kappa shape index (κ2) is 58.6. The first-order chi connectivity index (χ1) is 43.0. The summed E-state index contributed by atoms with van der Waals surface area (Å²) in [7, 11) is 0. The summed E-state index contributed by atoms with van der Waals surface area (Å²) >= 11 is 0. The van der Waals surface area contributed by atoms with Crippen LogP contribution in [0.2, 0.25) is 0 Å². The predicted molar refractivity (Wildman–Crippen MR) is 392 cm³/mol. The second-order valence-corrected chi connectivity index (χ2v) is 28.6. The van der Waals surface area contributed by atoms with E-state index in [-0.39, 0.29) is 0 Å². The molecule has 0 radical (unpaired) electrons. The highest BCUT2D eigenvalue weighted by Crippen LogP contribution is 2.39. The van der Waals surface area contributed by atoms with E-state index in [4.69, 9.17) is 0 Å². The van der Waals surface area contributed by atoms with Crippen LogP contribution in [0.25, 0.3) is 16.9 Å². The van der Waals surface area contributed by atoms with Gasteiger partial charge in [-0.25, -0.2) is 4.70 Å². The molecule has 0 saturated carbocycles. The molecule has 0 saturated heterocycles. The lowest BCUT2D eigenvalue weighted by atomic mass is 9.94. The molecule has 0 bridgehead atoms. The zero-order chi connectivity index (χ0) is 62.0. The SMILES string of the molecule is CCCCCCCCCCCCCCCCc1cc(CCCCCCCCCCCCCCCC)cc(C2=CC(CCCCC)=C(c3cc(CCCCCCCCCCCCCCCC)cc(CCCCCCCCCCCCCCCC)c3)[N+]2=[N-])c1. The molecule has 0 amide bonds. The maximum Gasteiger partial charge on any atom is 0.210 e. The molecule has 0 aliphatic carbocycles. The summed E-state index contributed by atoms with van der Waals surface area (Å²) in [6.07, 6.45) is 90.0. The van der Waals surface area contributed by atoms with E-state index in [0.717, 1.165) is 43.5 Å². The average Bonchev–Trinajstić information content (AvgIpc) is 2.35. The zero-order valence-corrected chi connectivity index (χ0v) is 59.7. The van der Waals surface area contributed by atoms with Gasteiger partial charge in [0.15, 0.2) is 0 Å². The Balaban J connectivity index is 1.72. The molecule has 1 aliphatic heterocycles. The minimum Gasteiger partial charge on any atom is -0.493 e. The summed E-state index contributed by atoms with van der Waals surface area (Å²) in [6.45, 7) is 11.6. The van der Waals surface area contributed by atoms with Gasteiger partial charge in [0.05, 0.1) is 0 Å². The highest BCUT2D eigenvalue weighted by Gasteiger charge is 2.30. The molecule has 1 heterocycles. The Hall–Kier alpha value is -2.48. The molecule has 0 unspecified atom stereocenters. The molecule has 2 heteroatoms. The molecule has 87 heavy (non-hydrogen) atoms. The Labute approximate surface area is 545 Å². The molecule has 2 aromatic carbocycles. The minimum absolute atomic E-state index is 1.01. The van der Waals surface area contributed by atoms with Crippen molar-refractivity contribution in [2.75, 3.05) is 0 Å². The van der Waals surface area contributed by atoms with Gasteiger partial charge in [0, 0.05) is 22.8 Å². The molecule has 2 nitrogen and oxygen atoms in total. The van der Waals surface area contributed by atoms with Crippen molar-refractivity contribution in [2.45, 2.75) is 446 Å². The van der Waals surface area contributed by atoms with E-state index in [1.54, 1.807) is 4.70 Å². The van der Waals surface area contributed by atoms with Crippen LogP contribution in [0.4, 0.5) is 0 Å². The topological polar surface area (TPSA) is 25.3 Å². The Morgan fingerprint density at radius 2 is 0.402 bits per heavy atom. The predicted octanol–water partition coefficient (Wildman–Crippen LogP) is 30.2. The van der Waals surface area contributed by atoms with E-state index in [9.17, 15) is 5.53 Å². The van der Waals surface area contributed by atoms with Gasteiger partial charge in [-0.2, -0.15) is 0 Å². The third-order valence-corrected chi connectivity index (χ3v) is 20.1. The maximum atomic E-state index is 12.8. The van der Waals surface area contributed by atoms with Crippen LogP contribution in [-0.4, -0.2) is 4.70 Å². The summed E-state index contributed by atoms with van der Waals surface area (Å²) in [6, 6.07) is 15.1. The number of benzene rings is 2. The molecule has 0 spiro atoms. The Bertz CT molecular complexity index is 1830. The Morgan fingerprint density at radius 1 is 0.218 bits per heavy atom. The van der Waals surface area contributed by atoms with Gasteiger partial charge in [-0.1, -0.05) is 393 Å². The monoisotopic (exact) mass is 1200 g/mol. The quantitative estimate of drug-likeness (QED) is 0.0466. The maximum absolute atomic E-state index is 12.8. The van der Waals surface area contributed by atoms with Gasteiger partial charge in [-0.3, -0.25) is 0 Å². The number of unbranched alkanes of at least 4 members (excludes halogenated alkanes) is 54. The van der Waals surface area contributed by atoms with Crippen LogP contribution in [0.1, 0.15) is 453 Å². The smallest absolute Gasteiger partial charge is 0.210 e. The van der Waals surface area contributed by atoms with Crippen molar-refractivity contribution in [1.29, 1.82) is 0 Å². The highest BCUT2D eigenvalue weighted by molar-refractivity contribution is 5.79. The summed E-state index contributed by atoms with van der Waals surface area (Å²) in [5.41, 5.74) is 24.6. The fourth-order valence-corrected chi connectivity index (χ4v) is 14.3. The molecule has 3 rings (SSSR count). The van der Waals surface area contributed by atoms with Gasteiger partial charge in [0.2, 0.25) is 11.4 Å². The molecule has 500 valence electrons. The lowest BCUT2D eigenvalue weighted by Gasteiger charge is -2.15. The Kier molecular flexibility index (Phi) is 53.0. The number of hydrogen-bond donors (Lipinski definition) is 0. The van der Waals surface area contributed by atoms with E-state index in [1.807, 2.05) is 0 Å². The van der Waals surface area contributed by atoms with Crippen LogP contribution >= 0.6 is 0 Å². The standard InChI is InChI=1S/C85H150N2/c1-6-11-16-20-24-28-32-36-40-44-48-52-56-61-65-77-70-78(66-62-57-53-49-45-41-37-33-29-25-21-17-12-7-2)73-82(72-77)84-76-81(69-60-15-10-5)85(87(84)86)83-74-79(67-63-58-54-50-46-42-38-34-30-26-22-18-13-8-3)71-80(75-83)68-64-59-55-51-47-43-39-35-31-27-23-19-14-9-4/h70-76H,6-69H2,1-5H3. The normalized spacial score (nSPS) is 12.7. The van der Waals surface area contributed by atoms with Gasteiger partial charge in [-0.15, -0.1) is 0 Å². The van der Waals surface area contributed by atoms with Crippen molar-refractivity contribution in [1.82, 2.24) is 0 Å². The zero-order valence-electron chi connectivity index (χ0n) is 59.7. The lowest BCUT2D eigenvalue weighted by molar-refractivity contribution is -0.344. The van der Waals surface area contributed by atoms with E-state index in [0.29, 0.717) is 0 Å². The van der Waals surface area contributed by atoms with Gasteiger partial charge in [0.1, 0.15) is 0 Å². The van der Waals surface area contributed by atoms with E-state index in [1.165, 1.54) is 418 Å². The van der Waals surface area contributed by atoms with Gasteiger partial charge < -0.3 is 5.53 Å². The van der Waals surface area contributed by atoms with Crippen molar-refractivity contribution in [3.05, 3.63) is 87.0 Å². The molecular weight excluding hydrogens is 1050 g/mol. The molecule has 0 aromatic heterocycles. The van der Waals surface area contributed by atoms with Gasteiger partial charge >= 0.3 is 0 Å². The number of aryl methyl sites for hydroxylation is 4. The largest absolute Gasteiger partial charge is 0.493 e. The third-order valence-electron chi connectivity index (χ3n) is 20.1. The molecular formula is C85H150N2. The van der Waals surface area contributed by atoms with Crippen LogP contribution in [0, 0.1) is 0 Å². The first-order valence-corrected chi connectivity index (χ1v) is 40.2. The van der Waals surface area contributed by atoms with Gasteiger partial charge in [0.25, 0.3) is 0 Å². The fraction of sp³-hybridized carbons (Fsp3) is 0.812. The van der Waals surface area contributed by atoms with Crippen molar-refractivity contribution in [3.63, 3.8) is 0 Å². The number of hydrogen-bond acceptors (Lipinski definition) is 0. The van der Waals surface area contributed by atoms with E-state index in [2.05, 4.69) is 77.1 Å². The number of rotatable bonds is 66. The molecule has 0 atom stereocenters. The third kappa shape index (κ3) is 42.3. The van der Waals surface area contributed by atoms with Crippen molar-refractivity contribution in [3.8, 4) is 0 Å². The van der Waals surface area contributed by atoms with Crippen molar-refractivity contribution in [2.24, 2.45) is 0 Å². The Morgan fingerprint density at radius 3 is 0.632 bits per heavy atom. The van der Waals surface area contributed by atoms with Crippen LogP contribution < -0.4 is 0 Å². The summed E-state index contributed by atoms with van der Waals surface area (Å²) in [4.78, 5) is 0. The van der Waals surface area contributed by atoms with E-state index >= 15 is 0 Å². The first-order valence-electron chi connectivity index (χ1n) is 40.2.